The van der Waals surface area contributed by atoms with Crippen molar-refractivity contribution in [2.45, 2.75) is 25.5 Å². The standard InChI is InChI=1S/C12H15N5O3S/c1-3-17-10(8-4-5-20-7(8)2)15-16-12(17)21-6-9(18)14-11(13)19/h4-5H,3,6H2,1-2H3,(H3,13,14,18,19). The Labute approximate surface area is 125 Å². The highest BCUT2D eigenvalue weighted by atomic mass is 32.2. The fourth-order valence-electron chi connectivity index (χ4n) is 1.80. The lowest BCUT2D eigenvalue weighted by molar-refractivity contribution is -0.117. The number of furan rings is 1. The zero-order chi connectivity index (χ0) is 15.4. The fraction of sp³-hybridized carbons (Fsp3) is 0.333. The second kappa shape index (κ2) is 6.44. The van der Waals surface area contributed by atoms with Crippen LogP contribution in [-0.4, -0.2) is 32.5 Å². The summed E-state index contributed by atoms with van der Waals surface area (Å²) in [5.41, 5.74) is 5.74. The average Bonchev–Trinajstić information content (AvgIpc) is 3.00. The predicted molar refractivity (Wildman–Crippen MR) is 76.6 cm³/mol. The van der Waals surface area contributed by atoms with Gasteiger partial charge in [0.2, 0.25) is 5.91 Å². The second-order valence-corrected chi connectivity index (χ2v) is 5.08. The van der Waals surface area contributed by atoms with Crippen LogP contribution in [0.3, 0.4) is 0 Å². The number of carbonyl (C=O) groups is 2. The predicted octanol–water partition coefficient (Wildman–Crippen LogP) is 1.15. The molecule has 9 heteroatoms. The molecule has 0 bridgehead atoms. The van der Waals surface area contributed by atoms with Crippen molar-refractivity contribution in [1.29, 1.82) is 0 Å². The number of thioether (sulfide) groups is 1. The molecule has 3 N–H and O–H groups in total. The average molecular weight is 309 g/mol. The number of nitrogens with zero attached hydrogens (tertiary/aromatic N) is 3. The van der Waals surface area contributed by atoms with Crippen LogP contribution in [0.1, 0.15) is 12.7 Å². The Bertz CT molecular complexity index is 664. The molecule has 2 aromatic heterocycles. The Morgan fingerprint density at radius 1 is 1.48 bits per heavy atom. The summed E-state index contributed by atoms with van der Waals surface area (Å²) in [6, 6.07) is 0.951. The molecule has 0 radical (unpaired) electrons. The zero-order valence-corrected chi connectivity index (χ0v) is 12.4. The van der Waals surface area contributed by atoms with Crippen LogP contribution in [-0.2, 0) is 11.3 Å². The lowest BCUT2D eigenvalue weighted by Gasteiger charge is -2.06. The van der Waals surface area contributed by atoms with E-state index in [1.54, 1.807) is 6.26 Å². The lowest BCUT2D eigenvalue weighted by atomic mass is 10.2. The summed E-state index contributed by atoms with van der Waals surface area (Å²) in [5, 5.41) is 10.8. The quantitative estimate of drug-likeness (QED) is 0.800. The van der Waals surface area contributed by atoms with Gasteiger partial charge in [0.15, 0.2) is 11.0 Å². The van der Waals surface area contributed by atoms with E-state index in [9.17, 15) is 9.59 Å². The molecule has 112 valence electrons. The van der Waals surface area contributed by atoms with Gasteiger partial charge in [-0.1, -0.05) is 11.8 Å². The van der Waals surface area contributed by atoms with E-state index in [0.29, 0.717) is 17.5 Å². The molecule has 0 saturated carbocycles. The molecule has 0 fully saturated rings. The van der Waals surface area contributed by atoms with Gasteiger partial charge in [0, 0.05) is 6.54 Å². The van der Waals surface area contributed by atoms with Gasteiger partial charge < -0.3 is 14.7 Å². The Balaban J connectivity index is 2.15. The van der Waals surface area contributed by atoms with Crippen LogP contribution in [0.25, 0.3) is 11.4 Å². The Hall–Kier alpha value is -2.29. The SMILES string of the molecule is CCn1c(SCC(=O)NC(N)=O)nnc1-c1ccoc1C. The van der Waals surface area contributed by atoms with Crippen LogP contribution in [0.2, 0.25) is 0 Å². The highest BCUT2D eigenvalue weighted by Crippen LogP contribution is 2.26. The van der Waals surface area contributed by atoms with Crippen molar-refractivity contribution in [3.05, 3.63) is 18.1 Å². The molecular weight excluding hydrogens is 294 g/mol. The number of hydrogen-bond acceptors (Lipinski definition) is 6. The molecule has 0 aliphatic rings. The van der Waals surface area contributed by atoms with Gasteiger partial charge in [0.05, 0.1) is 17.6 Å². The Morgan fingerprint density at radius 2 is 2.24 bits per heavy atom. The molecule has 3 amide bonds. The smallest absolute Gasteiger partial charge is 0.318 e. The van der Waals surface area contributed by atoms with Gasteiger partial charge >= 0.3 is 6.03 Å². The van der Waals surface area contributed by atoms with E-state index in [0.717, 1.165) is 11.3 Å². The minimum Gasteiger partial charge on any atom is -0.469 e. The number of imide groups is 1. The first kappa shape index (κ1) is 15.1. The van der Waals surface area contributed by atoms with Gasteiger partial charge in [-0.05, 0) is 19.9 Å². The molecule has 0 aromatic carbocycles. The zero-order valence-electron chi connectivity index (χ0n) is 11.6. The van der Waals surface area contributed by atoms with Crippen LogP contribution >= 0.6 is 11.8 Å². The molecule has 2 aromatic rings. The molecule has 21 heavy (non-hydrogen) atoms. The first-order valence-electron chi connectivity index (χ1n) is 6.22. The molecule has 0 spiro atoms. The summed E-state index contributed by atoms with van der Waals surface area (Å²) < 4.78 is 7.14. The fourth-order valence-corrected chi connectivity index (χ4v) is 2.60. The first-order valence-corrected chi connectivity index (χ1v) is 7.21. The molecular formula is C12H15N5O3S. The second-order valence-electron chi connectivity index (χ2n) is 4.14. The highest BCUT2D eigenvalue weighted by molar-refractivity contribution is 7.99. The molecule has 2 heterocycles. The van der Waals surface area contributed by atoms with Crippen molar-refractivity contribution >= 4 is 23.7 Å². The van der Waals surface area contributed by atoms with Crippen LogP contribution in [0.15, 0.2) is 21.9 Å². The summed E-state index contributed by atoms with van der Waals surface area (Å²) in [6.07, 6.45) is 1.59. The third-order valence-electron chi connectivity index (χ3n) is 2.73. The Morgan fingerprint density at radius 3 is 2.81 bits per heavy atom. The minimum atomic E-state index is -0.868. The molecule has 0 unspecified atom stereocenters. The Kier molecular flexibility index (Phi) is 4.63. The van der Waals surface area contributed by atoms with E-state index in [1.165, 1.54) is 11.8 Å². The highest BCUT2D eigenvalue weighted by Gasteiger charge is 2.17. The molecule has 2 rings (SSSR count). The number of carbonyl (C=O) groups excluding carboxylic acids is 2. The van der Waals surface area contributed by atoms with Gasteiger partial charge in [-0.15, -0.1) is 10.2 Å². The van der Waals surface area contributed by atoms with Crippen LogP contribution in [0, 0.1) is 6.92 Å². The van der Waals surface area contributed by atoms with Crippen molar-refractivity contribution in [1.82, 2.24) is 20.1 Å². The van der Waals surface area contributed by atoms with Gasteiger partial charge in [-0.25, -0.2) is 4.79 Å². The molecule has 0 atom stereocenters. The molecule has 0 aliphatic heterocycles. The summed E-state index contributed by atoms with van der Waals surface area (Å²) >= 11 is 1.18. The first-order chi connectivity index (χ1) is 10.0. The van der Waals surface area contributed by atoms with Crippen molar-refractivity contribution < 1.29 is 14.0 Å². The third kappa shape index (κ3) is 3.43. The summed E-state index contributed by atoms with van der Waals surface area (Å²) in [4.78, 5) is 22.0. The van der Waals surface area contributed by atoms with Gasteiger partial charge in [0.25, 0.3) is 0 Å². The number of aromatic nitrogens is 3. The maximum Gasteiger partial charge on any atom is 0.318 e. The maximum atomic E-state index is 11.4. The number of nitrogens with one attached hydrogen (secondary N) is 1. The van der Waals surface area contributed by atoms with Gasteiger partial charge in [-0.2, -0.15) is 0 Å². The number of urea groups is 1. The van der Waals surface area contributed by atoms with Crippen molar-refractivity contribution in [2.24, 2.45) is 5.73 Å². The number of aryl methyl sites for hydroxylation is 1. The maximum absolute atomic E-state index is 11.4. The van der Waals surface area contributed by atoms with E-state index >= 15 is 0 Å². The minimum absolute atomic E-state index is 0.0332. The van der Waals surface area contributed by atoms with Crippen LogP contribution in [0.4, 0.5) is 4.79 Å². The van der Waals surface area contributed by atoms with Crippen molar-refractivity contribution in [2.75, 3.05) is 5.75 Å². The largest absolute Gasteiger partial charge is 0.469 e. The van der Waals surface area contributed by atoms with E-state index in [4.69, 9.17) is 10.2 Å². The number of primary amides is 1. The van der Waals surface area contributed by atoms with Gasteiger partial charge in [0.1, 0.15) is 5.76 Å². The van der Waals surface area contributed by atoms with Gasteiger partial charge in [-0.3, -0.25) is 10.1 Å². The number of hydrogen-bond donors (Lipinski definition) is 2. The number of amides is 3. The van der Waals surface area contributed by atoms with E-state index < -0.39 is 11.9 Å². The van der Waals surface area contributed by atoms with Crippen molar-refractivity contribution in [3.63, 3.8) is 0 Å². The molecule has 0 aliphatic carbocycles. The lowest BCUT2D eigenvalue weighted by Crippen LogP contribution is -2.36. The molecule has 0 saturated heterocycles. The third-order valence-corrected chi connectivity index (χ3v) is 3.69. The van der Waals surface area contributed by atoms with Crippen molar-refractivity contribution in [3.8, 4) is 11.4 Å². The molecule has 8 nitrogen and oxygen atoms in total. The van der Waals surface area contributed by atoms with E-state index in [1.807, 2.05) is 29.8 Å². The topological polar surface area (TPSA) is 116 Å². The summed E-state index contributed by atoms with van der Waals surface area (Å²) in [5.74, 6) is 0.992. The van der Waals surface area contributed by atoms with Crippen LogP contribution in [0.5, 0.6) is 0 Å². The summed E-state index contributed by atoms with van der Waals surface area (Å²) in [6.45, 7) is 4.44. The van der Waals surface area contributed by atoms with E-state index in [-0.39, 0.29) is 5.75 Å². The summed E-state index contributed by atoms with van der Waals surface area (Å²) in [7, 11) is 0. The van der Waals surface area contributed by atoms with E-state index in [2.05, 4.69) is 10.2 Å². The number of rotatable bonds is 5. The normalized spacial score (nSPS) is 10.6. The monoisotopic (exact) mass is 309 g/mol. The van der Waals surface area contributed by atoms with Crippen LogP contribution < -0.4 is 11.1 Å². The number of nitrogens with two attached hydrogens (primary N) is 1.